The zero-order valence-corrected chi connectivity index (χ0v) is 14.4. The number of ether oxygens (including phenoxy) is 4. The second-order valence-electron chi connectivity index (χ2n) is 5.15. The normalized spacial score (nSPS) is 15.0. The van der Waals surface area contributed by atoms with Crippen LogP contribution < -0.4 is 0 Å². The second-order valence-corrected chi connectivity index (χ2v) is 5.15. The number of hydrogen-bond donors (Lipinski definition) is 0. The maximum absolute atomic E-state index is 11.9. The monoisotopic (exact) mass is 318 g/mol. The van der Waals surface area contributed by atoms with Crippen molar-refractivity contribution in [3.63, 3.8) is 0 Å². The Bertz CT molecular complexity index is 318. The summed E-state index contributed by atoms with van der Waals surface area (Å²) in [5.74, 6) is -1.28. The summed E-state index contributed by atoms with van der Waals surface area (Å²) >= 11 is 0. The summed E-state index contributed by atoms with van der Waals surface area (Å²) in [5.41, 5.74) is 0. The third kappa shape index (κ3) is 9.73. The Morgan fingerprint density at radius 1 is 0.864 bits per heavy atom. The van der Waals surface area contributed by atoms with E-state index in [1.807, 2.05) is 34.6 Å². The van der Waals surface area contributed by atoms with Gasteiger partial charge in [0.05, 0.1) is 24.5 Å². The Morgan fingerprint density at radius 3 is 1.82 bits per heavy atom. The number of rotatable bonds is 12. The highest BCUT2D eigenvalue weighted by Crippen LogP contribution is 2.12. The molecule has 0 spiro atoms. The smallest absolute Gasteiger partial charge is 0.309 e. The lowest BCUT2D eigenvalue weighted by Crippen LogP contribution is -2.26. The van der Waals surface area contributed by atoms with Gasteiger partial charge in [0, 0.05) is 13.2 Å². The standard InChI is InChI=1S/C16H30O6/c1-6-14(16(18)22-11-13(5)20-8-3)9-15(17)21-10-12(4)19-7-2/h12-14H,6-11H2,1-5H3. The van der Waals surface area contributed by atoms with Gasteiger partial charge in [-0.3, -0.25) is 9.59 Å². The van der Waals surface area contributed by atoms with Gasteiger partial charge < -0.3 is 18.9 Å². The Morgan fingerprint density at radius 2 is 1.36 bits per heavy atom. The van der Waals surface area contributed by atoms with Crippen LogP contribution in [0.3, 0.4) is 0 Å². The van der Waals surface area contributed by atoms with Crippen molar-refractivity contribution in [2.75, 3.05) is 26.4 Å². The SMILES string of the molecule is CCOC(C)COC(=O)CC(CC)C(=O)OCC(C)OCC. The average molecular weight is 318 g/mol. The Labute approximate surface area is 133 Å². The molecule has 0 aliphatic heterocycles. The van der Waals surface area contributed by atoms with Gasteiger partial charge in [0.1, 0.15) is 13.2 Å². The van der Waals surface area contributed by atoms with Crippen molar-refractivity contribution in [1.82, 2.24) is 0 Å². The average Bonchev–Trinajstić information content (AvgIpc) is 2.48. The van der Waals surface area contributed by atoms with Crippen LogP contribution in [0, 0.1) is 5.92 Å². The quantitative estimate of drug-likeness (QED) is 0.514. The van der Waals surface area contributed by atoms with Crippen molar-refractivity contribution in [3.05, 3.63) is 0 Å². The first-order valence-corrected chi connectivity index (χ1v) is 7.99. The van der Waals surface area contributed by atoms with E-state index in [-0.39, 0.29) is 37.8 Å². The summed E-state index contributed by atoms with van der Waals surface area (Å²) in [6, 6.07) is 0. The van der Waals surface area contributed by atoms with Crippen LogP contribution in [0.5, 0.6) is 0 Å². The first-order chi connectivity index (χ1) is 10.4. The third-order valence-electron chi connectivity index (χ3n) is 3.08. The van der Waals surface area contributed by atoms with Crippen LogP contribution in [0.25, 0.3) is 0 Å². The maximum atomic E-state index is 11.9. The zero-order chi connectivity index (χ0) is 17.0. The molecule has 0 amide bonds. The van der Waals surface area contributed by atoms with Gasteiger partial charge in [-0.05, 0) is 34.1 Å². The first kappa shape index (κ1) is 20.9. The van der Waals surface area contributed by atoms with Gasteiger partial charge in [-0.15, -0.1) is 0 Å². The van der Waals surface area contributed by atoms with Crippen molar-refractivity contribution >= 4 is 11.9 Å². The number of hydrogen-bond acceptors (Lipinski definition) is 6. The predicted octanol–water partition coefficient (Wildman–Crippen LogP) is 2.34. The molecule has 0 aromatic rings. The summed E-state index contributed by atoms with van der Waals surface area (Å²) in [6.45, 7) is 10.8. The van der Waals surface area contributed by atoms with Crippen molar-refractivity contribution < 1.29 is 28.5 Å². The van der Waals surface area contributed by atoms with Crippen LogP contribution in [0.2, 0.25) is 0 Å². The molecule has 0 aliphatic carbocycles. The number of esters is 2. The molecule has 6 nitrogen and oxygen atoms in total. The van der Waals surface area contributed by atoms with E-state index in [1.54, 1.807) is 0 Å². The van der Waals surface area contributed by atoms with E-state index in [4.69, 9.17) is 18.9 Å². The van der Waals surface area contributed by atoms with Crippen LogP contribution >= 0.6 is 0 Å². The minimum atomic E-state index is -0.483. The molecular weight excluding hydrogens is 288 g/mol. The molecule has 0 bridgehead atoms. The highest BCUT2D eigenvalue weighted by Gasteiger charge is 2.23. The van der Waals surface area contributed by atoms with Crippen molar-refractivity contribution in [2.24, 2.45) is 5.92 Å². The largest absolute Gasteiger partial charge is 0.463 e. The van der Waals surface area contributed by atoms with Crippen LogP contribution in [-0.2, 0) is 28.5 Å². The molecule has 0 radical (unpaired) electrons. The number of carbonyl (C=O) groups is 2. The fraction of sp³-hybridized carbons (Fsp3) is 0.875. The predicted molar refractivity (Wildman–Crippen MR) is 82.5 cm³/mol. The minimum absolute atomic E-state index is 0.0250. The van der Waals surface area contributed by atoms with E-state index >= 15 is 0 Å². The molecule has 3 atom stereocenters. The summed E-state index contributed by atoms with van der Waals surface area (Å²) in [4.78, 5) is 23.7. The van der Waals surface area contributed by atoms with Crippen molar-refractivity contribution in [2.45, 2.75) is 59.7 Å². The molecule has 0 rings (SSSR count). The lowest BCUT2D eigenvalue weighted by atomic mass is 10.0. The van der Waals surface area contributed by atoms with E-state index < -0.39 is 11.9 Å². The second kappa shape index (κ2) is 12.4. The fourth-order valence-corrected chi connectivity index (χ4v) is 1.85. The number of carbonyl (C=O) groups excluding carboxylic acids is 2. The molecule has 0 fully saturated rings. The molecule has 0 aromatic heterocycles. The van der Waals surface area contributed by atoms with Crippen LogP contribution in [0.15, 0.2) is 0 Å². The van der Waals surface area contributed by atoms with Gasteiger partial charge in [-0.1, -0.05) is 6.92 Å². The Balaban J connectivity index is 4.12. The Kier molecular flexibility index (Phi) is 11.8. The summed E-state index contributed by atoms with van der Waals surface area (Å²) in [7, 11) is 0. The van der Waals surface area contributed by atoms with E-state index in [9.17, 15) is 9.59 Å². The van der Waals surface area contributed by atoms with Crippen LogP contribution in [0.1, 0.15) is 47.5 Å². The molecular formula is C16H30O6. The molecule has 0 saturated carbocycles. The lowest BCUT2D eigenvalue weighted by Gasteiger charge is -2.17. The van der Waals surface area contributed by atoms with Gasteiger partial charge in [0.15, 0.2) is 0 Å². The maximum Gasteiger partial charge on any atom is 0.309 e. The van der Waals surface area contributed by atoms with E-state index in [0.29, 0.717) is 19.6 Å². The molecule has 0 aliphatic rings. The molecule has 0 heterocycles. The van der Waals surface area contributed by atoms with Crippen LogP contribution in [0.4, 0.5) is 0 Å². The summed E-state index contributed by atoms with van der Waals surface area (Å²) in [6.07, 6.45) is 0.258. The summed E-state index contributed by atoms with van der Waals surface area (Å²) < 4.78 is 20.9. The van der Waals surface area contributed by atoms with Gasteiger partial charge in [0.2, 0.25) is 0 Å². The molecule has 0 saturated heterocycles. The lowest BCUT2D eigenvalue weighted by molar-refractivity contribution is -0.159. The molecule has 22 heavy (non-hydrogen) atoms. The van der Waals surface area contributed by atoms with E-state index in [0.717, 1.165) is 0 Å². The topological polar surface area (TPSA) is 71.1 Å². The third-order valence-corrected chi connectivity index (χ3v) is 3.08. The first-order valence-electron chi connectivity index (χ1n) is 7.99. The van der Waals surface area contributed by atoms with Crippen molar-refractivity contribution in [3.8, 4) is 0 Å². The minimum Gasteiger partial charge on any atom is -0.463 e. The molecule has 130 valence electrons. The zero-order valence-electron chi connectivity index (χ0n) is 14.4. The van der Waals surface area contributed by atoms with Crippen LogP contribution in [-0.4, -0.2) is 50.6 Å². The highest BCUT2D eigenvalue weighted by atomic mass is 16.6. The molecule has 3 unspecified atom stereocenters. The summed E-state index contributed by atoms with van der Waals surface area (Å²) in [5, 5.41) is 0. The Hall–Kier alpha value is -1.14. The van der Waals surface area contributed by atoms with Gasteiger partial charge in [-0.2, -0.15) is 0 Å². The molecule has 0 N–H and O–H groups in total. The van der Waals surface area contributed by atoms with E-state index in [2.05, 4.69) is 0 Å². The fourth-order valence-electron chi connectivity index (χ4n) is 1.85. The van der Waals surface area contributed by atoms with E-state index in [1.165, 1.54) is 0 Å². The van der Waals surface area contributed by atoms with Gasteiger partial charge in [-0.25, -0.2) is 0 Å². The van der Waals surface area contributed by atoms with Crippen molar-refractivity contribution in [1.29, 1.82) is 0 Å². The molecule has 6 heteroatoms. The molecule has 0 aromatic carbocycles. The highest BCUT2D eigenvalue weighted by molar-refractivity contribution is 5.79. The van der Waals surface area contributed by atoms with Gasteiger partial charge in [0.25, 0.3) is 0 Å². The van der Waals surface area contributed by atoms with Gasteiger partial charge >= 0.3 is 11.9 Å².